The Morgan fingerprint density at radius 1 is 1.73 bits per heavy atom. The highest BCUT2D eigenvalue weighted by atomic mass is 32.2. The summed E-state index contributed by atoms with van der Waals surface area (Å²) in [4.78, 5) is 11.4. The first-order valence-electron chi connectivity index (χ1n) is 4.01. The Kier molecular flexibility index (Phi) is 2.47. The lowest BCUT2D eigenvalue weighted by Gasteiger charge is -2.33. The van der Waals surface area contributed by atoms with Crippen LogP contribution in [0.5, 0.6) is 0 Å². The van der Waals surface area contributed by atoms with Crippen molar-refractivity contribution in [2.45, 2.75) is 38.0 Å². The van der Waals surface area contributed by atoms with E-state index in [0.29, 0.717) is 6.04 Å². The maximum Gasteiger partial charge on any atom is 0.235 e. The SMILES string of the molecule is CCC1CSC(C)(C)C(=O)N1. The Morgan fingerprint density at radius 2 is 2.36 bits per heavy atom. The van der Waals surface area contributed by atoms with Crippen LogP contribution < -0.4 is 5.32 Å². The average Bonchev–Trinajstić information content (AvgIpc) is 1.95. The predicted octanol–water partition coefficient (Wildman–Crippen LogP) is 1.41. The molecule has 1 heterocycles. The summed E-state index contributed by atoms with van der Waals surface area (Å²) in [5, 5.41) is 3.00. The van der Waals surface area contributed by atoms with Gasteiger partial charge in [0, 0.05) is 11.8 Å². The molecule has 0 spiro atoms. The van der Waals surface area contributed by atoms with Crippen molar-refractivity contribution in [2.24, 2.45) is 0 Å². The topological polar surface area (TPSA) is 29.1 Å². The standard InChI is InChI=1S/C8H15NOS/c1-4-6-5-11-8(2,3)7(10)9-6/h6H,4-5H2,1-3H3,(H,9,10). The van der Waals surface area contributed by atoms with Crippen molar-refractivity contribution in [1.29, 1.82) is 0 Å². The van der Waals surface area contributed by atoms with Crippen LogP contribution in [0.25, 0.3) is 0 Å². The Balaban J connectivity index is 2.55. The fourth-order valence-corrected chi connectivity index (χ4v) is 2.12. The van der Waals surface area contributed by atoms with Gasteiger partial charge in [0.25, 0.3) is 0 Å². The van der Waals surface area contributed by atoms with Gasteiger partial charge in [-0.25, -0.2) is 0 Å². The summed E-state index contributed by atoms with van der Waals surface area (Å²) in [5.74, 6) is 1.23. The Hall–Kier alpha value is -0.180. The molecule has 1 N–H and O–H groups in total. The van der Waals surface area contributed by atoms with Gasteiger partial charge in [-0.3, -0.25) is 4.79 Å². The first kappa shape index (κ1) is 8.91. The summed E-state index contributed by atoms with van der Waals surface area (Å²) in [6, 6.07) is 0.389. The quantitative estimate of drug-likeness (QED) is 0.649. The summed E-state index contributed by atoms with van der Waals surface area (Å²) in [7, 11) is 0. The molecule has 0 aliphatic carbocycles. The molecule has 1 atom stereocenters. The summed E-state index contributed by atoms with van der Waals surface area (Å²) in [6.45, 7) is 6.04. The Labute approximate surface area is 72.1 Å². The smallest absolute Gasteiger partial charge is 0.235 e. The molecular formula is C8H15NOS. The molecule has 3 heteroatoms. The number of carbonyl (C=O) groups is 1. The second kappa shape index (κ2) is 3.05. The number of thioether (sulfide) groups is 1. The molecule has 1 aliphatic heterocycles. The van der Waals surface area contributed by atoms with Crippen LogP contribution in [-0.2, 0) is 4.79 Å². The fourth-order valence-electron chi connectivity index (χ4n) is 0.995. The van der Waals surface area contributed by atoms with Gasteiger partial charge in [0.2, 0.25) is 5.91 Å². The summed E-state index contributed by atoms with van der Waals surface area (Å²) in [5.41, 5.74) is 0. The van der Waals surface area contributed by atoms with Crippen molar-refractivity contribution in [3.05, 3.63) is 0 Å². The van der Waals surface area contributed by atoms with Crippen LogP contribution in [0.2, 0.25) is 0 Å². The number of hydrogen-bond donors (Lipinski definition) is 1. The van der Waals surface area contributed by atoms with E-state index < -0.39 is 0 Å². The molecule has 11 heavy (non-hydrogen) atoms. The largest absolute Gasteiger partial charge is 0.351 e. The molecule has 0 aromatic carbocycles. The minimum absolute atomic E-state index is 0.181. The zero-order chi connectivity index (χ0) is 8.48. The van der Waals surface area contributed by atoms with Gasteiger partial charge in [-0.15, -0.1) is 11.8 Å². The highest BCUT2D eigenvalue weighted by molar-refractivity contribution is 8.01. The lowest BCUT2D eigenvalue weighted by atomic mass is 10.1. The molecule has 0 bridgehead atoms. The van der Waals surface area contributed by atoms with Crippen LogP contribution in [-0.4, -0.2) is 22.4 Å². The summed E-state index contributed by atoms with van der Waals surface area (Å²) >= 11 is 1.75. The third-order valence-electron chi connectivity index (χ3n) is 2.02. The van der Waals surface area contributed by atoms with Crippen LogP contribution in [0.15, 0.2) is 0 Å². The van der Waals surface area contributed by atoms with Gasteiger partial charge in [-0.2, -0.15) is 0 Å². The normalized spacial score (nSPS) is 29.7. The van der Waals surface area contributed by atoms with Crippen LogP contribution in [0.4, 0.5) is 0 Å². The maximum atomic E-state index is 11.4. The van der Waals surface area contributed by atoms with E-state index in [9.17, 15) is 4.79 Å². The number of hydrogen-bond acceptors (Lipinski definition) is 2. The van der Waals surface area contributed by atoms with E-state index in [1.165, 1.54) is 0 Å². The van der Waals surface area contributed by atoms with E-state index in [-0.39, 0.29) is 10.7 Å². The van der Waals surface area contributed by atoms with Gasteiger partial charge >= 0.3 is 0 Å². The van der Waals surface area contributed by atoms with Crippen LogP contribution in [0.3, 0.4) is 0 Å². The van der Waals surface area contributed by atoms with E-state index in [1.807, 2.05) is 13.8 Å². The molecule has 0 saturated carbocycles. The van der Waals surface area contributed by atoms with Gasteiger partial charge in [-0.05, 0) is 20.3 Å². The van der Waals surface area contributed by atoms with Crippen molar-refractivity contribution in [3.63, 3.8) is 0 Å². The van der Waals surface area contributed by atoms with E-state index >= 15 is 0 Å². The molecule has 1 rings (SSSR count). The van der Waals surface area contributed by atoms with E-state index in [1.54, 1.807) is 11.8 Å². The first-order chi connectivity index (χ1) is 5.06. The minimum Gasteiger partial charge on any atom is -0.351 e. The monoisotopic (exact) mass is 173 g/mol. The van der Waals surface area contributed by atoms with E-state index in [2.05, 4.69) is 12.2 Å². The molecule has 0 aromatic rings. The molecule has 1 fully saturated rings. The van der Waals surface area contributed by atoms with E-state index in [0.717, 1.165) is 12.2 Å². The first-order valence-corrected chi connectivity index (χ1v) is 4.99. The van der Waals surface area contributed by atoms with E-state index in [4.69, 9.17) is 0 Å². The third kappa shape index (κ3) is 1.89. The molecule has 1 aliphatic rings. The molecular weight excluding hydrogens is 158 g/mol. The van der Waals surface area contributed by atoms with Gasteiger partial charge in [0.05, 0.1) is 4.75 Å². The van der Waals surface area contributed by atoms with Gasteiger partial charge in [0.1, 0.15) is 0 Å². The number of amides is 1. The summed E-state index contributed by atoms with van der Waals surface area (Å²) < 4.78 is -0.217. The average molecular weight is 173 g/mol. The lowest BCUT2D eigenvalue weighted by molar-refractivity contribution is -0.123. The van der Waals surface area contributed by atoms with Gasteiger partial charge < -0.3 is 5.32 Å². The molecule has 1 amide bonds. The molecule has 2 nitrogen and oxygen atoms in total. The summed E-state index contributed by atoms with van der Waals surface area (Å²) in [6.07, 6.45) is 1.04. The van der Waals surface area contributed by atoms with Crippen molar-refractivity contribution in [1.82, 2.24) is 5.32 Å². The second-order valence-electron chi connectivity index (χ2n) is 3.40. The third-order valence-corrected chi connectivity index (χ3v) is 3.50. The van der Waals surface area contributed by atoms with Gasteiger partial charge in [-0.1, -0.05) is 6.92 Å². The Morgan fingerprint density at radius 3 is 2.82 bits per heavy atom. The van der Waals surface area contributed by atoms with Crippen molar-refractivity contribution in [2.75, 3.05) is 5.75 Å². The molecule has 1 unspecified atom stereocenters. The van der Waals surface area contributed by atoms with Crippen LogP contribution in [0, 0.1) is 0 Å². The minimum atomic E-state index is -0.217. The van der Waals surface area contributed by atoms with Crippen LogP contribution in [0.1, 0.15) is 27.2 Å². The van der Waals surface area contributed by atoms with Crippen LogP contribution >= 0.6 is 11.8 Å². The Bertz CT molecular complexity index is 167. The fraction of sp³-hybridized carbons (Fsp3) is 0.875. The lowest BCUT2D eigenvalue weighted by Crippen LogP contribution is -2.51. The van der Waals surface area contributed by atoms with Crippen molar-refractivity contribution in [3.8, 4) is 0 Å². The molecule has 1 saturated heterocycles. The zero-order valence-electron chi connectivity index (χ0n) is 7.31. The van der Waals surface area contributed by atoms with Crippen molar-refractivity contribution >= 4 is 17.7 Å². The highest BCUT2D eigenvalue weighted by Crippen LogP contribution is 2.29. The zero-order valence-corrected chi connectivity index (χ0v) is 8.12. The second-order valence-corrected chi connectivity index (χ2v) is 5.04. The number of carbonyl (C=O) groups excluding carboxylic acids is 1. The van der Waals surface area contributed by atoms with Gasteiger partial charge in [0.15, 0.2) is 0 Å². The molecule has 0 aromatic heterocycles. The van der Waals surface area contributed by atoms with Crippen molar-refractivity contribution < 1.29 is 4.79 Å². The molecule has 64 valence electrons. The molecule has 0 radical (unpaired) electrons. The predicted molar refractivity (Wildman–Crippen MR) is 48.8 cm³/mol. The number of rotatable bonds is 1. The maximum absolute atomic E-state index is 11.4. The number of nitrogens with one attached hydrogen (secondary N) is 1. The highest BCUT2D eigenvalue weighted by Gasteiger charge is 2.34.